The predicted molar refractivity (Wildman–Crippen MR) is 87.8 cm³/mol. The number of hydrogen-bond acceptors (Lipinski definition) is 6. The molecule has 8 heteroatoms. The highest BCUT2D eigenvalue weighted by Crippen LogP contribution is 2.47. The minimum Gasteiger partial charge on any atom is -0.479 e. The molecule has 1 aromatic carbocycles. The van der Waals surface area contributed by atoms with Crippen LogP contribution in [0.4, 0.5) is 10.5 Å². The lowest BCUT2D eigenvalue weighted by molar-refractivity contribution is -0.0716. The maximum absolute atomic E-state index is 12.0. The molecule has 0 atom stereocenters. The molecule has 1 aliphatic heterocycles. The molecule has 2 aromatic rings. The summed E-state index contributed by atoms with van der Waals surface area (Å²) >= 11 is 0. The molecule has 0 bridgehead atoms. The second-order valence-electron chi connectivity index (χ2n) is 6.13. The molecule has 0 radical (unpaired) electrons. The normalized spacial score (nSPS) is 16.8. The van der Waals surface area contributed by atoms with Gasteiger partial charge in [-0.15, -0.1) is 0 Å². The van der Waals surface area contributed by atoms with Gasteiger partial charge in [0.2, 0.25) is 0 Å². The van der Waals surface area contributed by atoms with Crippen LogP contribution in [0.2, 0.25) is 0 Å². The second-order valence-corrected chi connectivity index (χ2v) is 6.13. The fourth-order valence-corrected chi connectivity index (χ4v) is 3.11. The van der Waals surface area contributed by atoms with E-state index in [9.17, 15) is 4.79 Å². The number of nitrogens with one attached hydrogen (secondary N) is 2. The molecular formula is C17H19N3O5. The van der Waals surface area contributed by atoms with Gasteiger partial charge in [0, 0.05) is 30.7 Å². The fraction of sp³-hybridized carbons (Fsp3) is 0.412. The smallest absolute Gasteiger partial charge is 0.319 e. The zero-order valence-corrected chi connectivity index (χ0v) is 13.8. The van der Waals surface area contributed by atoms with E-state index in [0.29, 0.717) is 23.1 Å². The van der Waals surface area contributed by atoms with Crippen molar-refractivity contribution in [2.45, 2.75) is 38.0 Å². The molecule has 2 heterocycles. The van der Waals surface area contributed by atoms with Crippen LogP contribution in [0.5, 0.6) is 17.4 Å². The van der Waals surface area contributed by atoms with E-state index in [2.05, 4.69) is 15.8 Å². The molecule has 4 rings (SSSR count). The largest absolute Gasteiger partial charge is 0.479 e. The Morgan fingerprint density at radius 3 is 2.80 bits per heavy atom. The fourth-order valence-electron chi connectivity index (χ4n) is 3.11. The van der Waals surface area contributed by atoms with E-state index in [1.807, 2.05) is 6.07 Å². The van der Waals surface area contributed by atoms with E-state index in [-0.39, 0.29) is 12.6 Å². The number of aromatic nitrogens is 1. The number of ether oxygens (including phenoxy) is 3. The van der Waals surface area contributed by atoms with Crippen molar-refractivity contribution in [3.63, 3.8) is 0 Å². The van der Waals surface area contributed by atoms with E-state index in [4.69, 9.17) is 18.7 Å². The van der Waals surface area contributed by atoms with E-state index in [1.165, 1.54) is 7.11 Å². The monoisotopic (exact) mass is 345 g/mol. The summed E-state index contributed by atoms with van der Waals surface area (Å²) in [5, 5.41) is 9.12. The van der Waals surface area contributed by atoms with Crippen LogP contribution in [-0.4, -0.2) is 24.1 Å². The van der Waals surface area contributed by atoms with Gasteiger partial charge < -0.3 is 29.4 Å². The van der Waals surface area contributed by atoms with Crippen LogP contribution in [0, 0.1) is 0 Å². The number of rotatable bonds is 4. The Hall–Kier alpha value is -2.90. The van der Waals surface area contributed by atoms with Gasteiger partial charge in [-0.25, -0.2) is 4.79 Å². The quantitative estimate of drug-likeness (QED) is 0.884. The Kier molecular flexibility index (Phi) is 3.87. The third kappa shape index (κ3) is 3.19. The molecule has 8 nitrogen and oxygen atoms in total. The maximum atomic E-state index is 12.0. The summed E-state index contributed by atoms with van der Waals surface area (Å²) in [4.78, 5) is 12.0. The minimum absolute atomic E-state index is 0.204. The highest BCUT2D eigenvalue weighted by molar-refractivity contribution is 5.89. The van der Waals surface area contributed by atoms with Gasteiger partial charge in [-0.3, -0.25) is 0 Å². The average Bonchev–Trinajstić information content (AvgIpc) is 3.32. The molecule has 1 fully saturated rings. The lowest BCUT2D eigenvalue weighted by Gasteiger charge is -2.21. The van der Waals surface area contributed by atoms with E-state index >= 15 is 0 Å². The zero-order chi connectivity index (χ0) is 17.3. The van der Waals surface area contributed by atoms with Crippen LogP contribution in [0.25, 0.3) is 0 Å². The zero-order valence-electron chi connectivity index (χ0n) is 13.8. The standard InChI is InChI=1S/C17H19N3O5/c1-22-15-9-12(25-20-15)10-18-16(21)19-11-4-5-13-14(8-11)24-17(23-13)6-2-3-7-17/h4-5,8-9H,2-3,6-7,10H2,1H3,(H2,18,19,21). The van der Waals surface area contributed by atoms with Gasteiger partial charge in [0.05, 0.1) is 13.7 Å². The lowest BCUT2D eigenvalue weighted by Crippen LogP contribution is -2.34. The summed E-state index contributed by atoms with van der Waals surface area (Å²) < 4.78 is 21.9. The highest BCUT2D eigenvalue weighted by Gasteiger charge is 2.44. The van der Waals surface area contributed by atoms with Crippen LogP contribution in [-0.2, 0) is 6.54 Å². The highest BCUT2D eigenvalue weighted by atomic mass is 16.7. The SMILES string of the molecule is COc1cc(CNC(=O)Nc2ccc3c(c2)OC2(CCCC2)O3)on1. The number of methoxy groups -OCH3 is 1. The Morgan fingerprint density at radius 2 is 2.04 bits per heavy atom. The third-order valence-electron chi connectivity index (χ3n) is 4.33. The summed E-state index contributed by atoms with van der Waals surface area (Å²) in [7, 11) is 1.50. The molecule has 25 heavy (non-hydrogen) atoms. The molecule has 2 N–H and O–H groups in total. The van der Waals surface area contributed by atoms with Gasteiger partial charge in [-0.05, 0) is 30.1 Å². The number of carbonyl (C=O) groups excluding carboxylic acids is 1. The number of amides is 2. The molecule has 2 amide bonds. The van der Waals surface area contributed by atoms with Crippen molar-refractivity contribution in [1.82, 2.24) is 10.5 Å². The van der Waals surface area contributed by atoms with E-state index in [1.54, 1.807) is 18.2 Å². The topological polar surface area (TPSA) is 94.9 Å². The Morgan fingerprint density at radius 1 is 1.24 bits per heavy atom. The van der Waals surface area contributed by atoms with Crippen molar-refractivity contribution in [3.8, 4) is 17.4 Å². The number of fused-ring (bicyclic) bond motifs is 1. The Labute approximate surface area is 144 Å². The van der Waals surface area contributed by atoms with Gasteiger partial charge in [-0.1, -0.05) is 0 Å². The number of benzene rings is 1. The molecule has 0 saturated heterocycles. The molecule has 2 aliphatic rings. The van der Waals surface area contributed by atoms with Crippen molar-refractivity contribution in [2.24, 2.45) is 0 Å². The summed E-state index contributed by atoms with van der Waals surface area (Å²) in [6.07, 6.45) is 4.00. The van der Waals surface area contributed by atoms with Gasteiger partial charge in [0.25, 0.3) is 11.7 Å². The van der Waals surface area contributed by atoms with Crippen molar-refractivity contribution in [3.05, 3.63) is 30.0 Å². The van der Waals surface area contributed by atoms with Crippen LogP contribution >= 0.6 is 0 Å². The summed E-state index contributed by atoms with van der Waals surface area (Å²) in [5.74, 6) is 1.75. The molecule has 132 valence electrons. The lowest BCUT2D eigenvalue weighted by atomic mass is 10.2. The molecule has 1 aromatic heterocycles. The number of anilines is 1. The molecular weight excluding hydrogens is 326 g/mol. The van der Waals surface area contributed by atoms with Crippen LogP contribution in [0.1, 0.15) is 31.4 Å². The first-order chi connectivity index (χ1) is 12.2. The van der Waals surface area contributed by atoms with Gasteiger partial charge in [0.1, 0.15) is 0 Å². The summed E-state index contributed by atoms with van der Waals surface area (Å²) in [6.45, 7) is 0.204. The van der Waals surface area contributed by atoms with E-state index in [0.717, 1.165) is 31.4 Å². The van der Waals surface area contributed by atoms with Crippen molar-refractivity contribution >= 4 is 11.7 Å². The number of carbonyl (C=O) groups is 1. The summed E-state index contributed by atoms with van der Waals surface area (Å²) in [6, 6.07) is 6.64. The van der Waals surface area contributed by atoms with Crippen molar-refractivity contribution in [1.29, 1.82) is 0 Å². The Balaban J connectivity index is 1.35. The number of hydrogen-bond donors (Lipinski definition) is 2. The summed E-state index contributed by atoms with van der Waals surface area (Å²) in [5.41, 5.74) is 0.630. The molecule has 1 saturated carbocycles. The van der Waals surface area contributed by atoms with Crippen LogP contribution < -0.4 is 24.8 Å². The maximum Gasteiger partial charge on any atom is 0.319 e. The third-order valence-corrected chi connectivity index (χ3v) is 4.33. The first-order valence-corrected chi connectivity index (χ1v) is 8.22. The van der Waals surface area contributed by atoms with E-state index < -0.39 is 5.79 Å². The van der Waals surface area contributed by atoms with Gasteiger partial charge in [-0.2, -0.15) is 0 Å². The molecule has 1 aliphatic carbocycles. The first kappa shape index (κ1) is 15.6. The minimum atomic E-state index is -0.505. The molecule has 1 spiro atoms. The van der Waals surface area contributed by atoms with Gasteiger partial charge >= 0.3 is 6.03 Å². The van der Waals surface area contributed by atoms with Crippen molar-refractivity contribution in [2.75, 3.05) is 12.4 Å². The van der Waals surface area contributed by atoms with Crippen molar-refractivity contribution < 1.29 is 23.5 Å². The number of urea groups is 1. The Bertz CT molecular complexity index is 782. The van der Waals surface area contributed by atoms with Gasteiger partial charge in [0.15, 0.2) is 17.3 Å². The second kappa shape index (κ2) is 6.19. The van der Waals surface area contributed by atoms with Crippen LogP contribution in [0.15, 0.2) is 28.8 Å². The predicted octanol–water partition coefficient (Wildman–Crippen LogP) is 3.05. The average molecular weight is 345 g/mol. The molecule has 0 unspecified atom stereocenters. The van der Waals surface area contributed by atoms with Crippen LogP contribution in [0.3, 0.4) is 0 Å². The number of nitrogens with zero attached hydrogens (tertiary/aromatic N) is 1. The first-order valence-electron chi connectivity index (χ1n) is 8.22.